The van der Waals surface area contributed by atoms with E-state index in [4.69, 9.17) is 4.98 Å². The van der Waals surface area contributed by atoms with E-state index in [0.717, 1.165) is 33.9 Å². The van der Waals surface area contributed by atoms with Gasteiger partial charge in [0.15, 0.2) is 0 Å². The summed E-state index contributed by atoms with van der Waals surface area (Å²) < 4.78 is 2.28. The SMILES string of the molecule is Cc1ccc(-c2cccc3nc(-c4ccccc4)c(-c4ccccc4)n23)cc1. The largest absolute Gasteiger partial charge is 0.292 e. The van der Waals surface area contributed by atoms with E-state index in [1.165, 1.54) is 11.1 Å². The lowest BCUT2D eigenvalue weighted by Gasteiger charge is -2.11. The van der Waals surface area contributed by atoms with Crippen LogP contribution in [0.4, 0.5) is 0 Å². The van der Waals surface area contributed by atoms with Gasteiger partial charge in [-0.15, -0.1) is 0 Å². The Morgan fingerprint density at radius 3 is 1.89 bits per heavy atom. The Balaban J connectivity index is 1.87. The van der Waals surface area contributed by atoms with E-state index in [2.05, 4.69) is 108 Å². The molecule has 0 atom stereocenters. The first-order valence-corrected chi connectivity index (χ1v) is 9.50. The highest BCUT2D eigenvalue weighted by Gasteiger charge is 2.18. The minimum atomic E-state index is 0.954. The highest BCUT2D eigenvalue weighted by atomic mass is 15.0. The van der Waals surface area contributed by atoms with Crippen LogP contribution in [-0.2, 0) is 0 Å². The van der Waals surface area contributed by atoms with E-state index in [9.17, 15) is 0 Å². The fourth-order valence-electron chi connectivity index (χ4n) is 3.70. The maximum absolute atomic E-state index is 5.03. The molecule has 0 amide bonds. The van der Waals surface area contributed by atoms with Gasteiger partial charge >= 0.3 is 0 Å². The molecule has 0 saturated carbocycles. The smallest absolute Gasteiger partial charge is 0.138 e. The van der Waals surface area contributed by atoms with Crippen molar-refractivity contribution in [3.63, 3.8) is 0 Å². The van der Waals surface area contributed by atoms with Crippen LogP contribution in [0.5, 0.6) is 0 Å². The summed E-state index contributed by atoms with van der Waals surface area (Å²) >= 11 is 0. The highest BCUT2D eigenvalue weighted by Crippen LogP contribution is 2.35. The van der Waals surface area contributed by atoms with Gasteiger partial charge in [-0.2, -0.15) is 0 Å². The Bertz CT molecular complexity index is 1230. The van der Waals surface area contributed by atoms with Crippen molar-refractivity contribution in [3.8, 4) is 33.8 Å². The number of aryl methyl sites for hydroxylation is 1. The number of pyridine rings is 1. The number of hydrogen-bond acceptors (Lipinski definition) is 1. The zero-order valence-electron chi connectivity index (χ0n) is 15.7. The third-order valence-corrected chi connectivity index (χ3v) is 5.09. The minimum Gasteiger partial charge on any atom is -0.292 e. The van der Waals surface area contributed by atoms with Gasteiger partial charge in [-0.3, -0.25) is 4.40 Å². The molecule has 0 fully saturated rings. The predicted molar refractivity (Wildman–Crippen MR) is 116 cm³/mol. The predicted octanol–water partition coefficient (Wildman–Crippen LogP) is 6.64. The highest BCUT2D eigenvalue weighted by molar-refractivity contribution is 5.84. The first-order valence-electron chi connectivity index (χ1n) is 9.50. The molecule has 2 heteroatoms. The second-order valence-electron chi connectivity index (χ2n) is 7.01. The van der Waals surface area contributed by atoms with Crippen molar-refractivity contribution in [2.24, 2.45) is 0 Å². The lowest BCUT2D eigenvalue weighted by molar-refractivity contribution is 1.19. The Morgan fingerprint density at radius 1 is 0.571 bits per heavy atom. The van der Waals surface area contributed by atoms with E-state index >= 15 is 0 Å². The molecule has 0 N–H and O–H groups in total. The number of rotatable bonds is 3. The first-order chi connectivity index (χ1) is 13.8. The van der Waals surface area contributed by atoms with Gasteiger partial charge in [0.2, 0.25) is 0 Å². The van der Waals surface area contributed by atoms with Crippen LogP contribution in [0, 0.1) is 6.92 Å². The molecule has 5 rings (SSSR count). The summed E-state index contributed by atoms with van der Waals surface area (Å²) in [5, 5.41) is 0. The molecule has 0 aliphatic rings. The Hall–Kier alpha value is -3.65. The number of nitrogens with zero attached hydrogens (tertiary/aromatic N) is 2. The number of hydrogen-bond donors (Lipinski definition) is 0. The van der Waals surface area contributed by atoms with E-state index in [1.807, 2.05) is 6.07 Å². The molecule has 134 valence electrons. The van der Waals surface area contributed by atoms with Gasteiger partial charge in [-0.1, -0.05) is 96.6 Å². The maximum Gasteiger partial charge on any atom is 0.138 e. The Kier molecular flexibility index (Phi) is 4.02. The van der Waals surface area contributed by atoms with E-state index in [-0.39, 0.29) is 0 Å². The van der Waals surface area contributed by atoms with Crippen LogP contribution in [0.15, 0.2) is 103 Å². The van der Waals surface area contributed by atoms with Crippen LogP contribution in [0.3, 0.4) is 0 Å². The molecule has 0 aliphatic carbocycles. The molecular formula is C26H20N2. The minimum absolute atomic E-state index is 0.954. The van der Waals surface area contributed by atoms with Crippen LogP contribution >= 0.6 is 0 Å². The van der Waals surface area contributed by atoms with Crippen molar-refractivity contribution in [1.82, 2.24) is 9.38 Å². The van der Waals surface area contributed by atoms with Crippen LogP contribution in [0.1, 0.15) is 5.56 Å². The van der Waals surface area contributed by atoms with Crippen molar-refractivity contribution in [3.05, 3.63) is 109 Å². The molecule has 3 aromatic carbocycles. The van der Waals surface area contributed by atoms with Crippen molar-refractivity contribution in [2.45, 2.75) is 6.92 Å². The zero-order valence-corrected chi connectivity index (χ0v) is 15.7. The number of aromatic nitrogens is 2. The van der Waals surface area contributed by atoms with Crippen molar-refractivity contribution in [1.29, 1.82) is 0 Å². The summed E-state index contributed by atoms with van der Waals surface area (Å²) in [7, 11) is 0. The molecule has 0 unspecified atom stereocenters. The van der Waals surface area contributed by atoms with Gasteiger partial charge in [0.25, 0.3) is 0 Å². The van der Waals surface area contributed by atoms with Crippen LogP contribution in [-0.4, -0.2) is 9.38 Å². The van der Waals surface area contributed by atoms with Crippen molar-refractivity contribution in [2.75, 3.05) is 0 Å². The fourth-order valence-corrected chi connectivity index (χ4v) is 3.70. The zero-order chi connectivity index (χ0) is 18.9. The molecule has 2 nitrogen and oxygen atoms in total. The van der Waals surface area contributed by atoms with Crippen molar-refractivity contribution < 1.29 is 0 Å². The molecule has 5 aromatic rings. The summed E-state index contributed by atoms with van der Waals surface area (Å²) in [6.45, 7) is 2.12. The second-order valence-corrected chi connectivity index (χ2v) is 7.01. The van der Waals surface area contributed by atoms with Crippen LogP contribution < -0.4 is 0 Å². The van der Waals surface area contributed by atoms with Gasteiger partial charge in [0.1, 0.15) is 5.65 Å². The monoisotopic (exact) mass is 360 g/mol. The lowest BCUT2D eigenvalue weighted by atomic mass is 10.0. The topological polar surface area (TPSA) is 17.3 Å². The molecule has 0 saturated heterocycles. The van der Waals surface area contributed by atoms with E-state index in [1.54, 1.807) is 0 Å². The maximum atomic E-state index is 5.03. The molecule has 0 aliphatic heterocycles. The average molecular weight is 360 g/mol. The summed E-state index contributed by atoms with van der Waals surface area (Å²) in [4.78, 5) is 5.03. The van der Waals surface area contributed by atoms with Crippen molar-refractivity contribution >= 4 is 5.65 Å². The first kappa shape index (κ1) is 16.5. The molecule has 0 radical (unpaired) electrons. The quantitative estimate of drug-likeness (QED) is 0.352. The number of imidazole rings is 1. The molecule has 0 spiro atoms. The summed E-state index contributed by atoms with van der Waals surface area (Å²) in [5.74, 6) is 0. The van der Waals surface area contributed by atoms with E-state index in [0.29, 0.717) is 0 Å². The molecule has 2 heterocycles. The standard InChI is InChI=1S/C26H20N2/c1-19-15-17-20(18-16-19)23-13-8-14-24-27-25(21-9-4-2-5-10-21)26(28(23)24)22-11-6-3-7-12-22/h2-18H,1H3. The van der Waals surface area contributed by atoms with Crippen LogP contribution in [0.25, 0.3) is 39.4 Å². The second kappa shape index (κ2) is 6.82. The number of benzene rings is 3. The fraction of sp³-hybridized carbons (Fsp3) is 0.0385. The van der Waals surface area contributed by atoms with Gasteiger partial charge in [0, 0.05) is 11.1 Å². The average Bonchev–Trinajstić information content (AvgIpc) is 3.15. The molecule has 2 aromatic heterocycles. The van der Waals surface area contributed by atoms with Gasteiger partial charge in [-0.05, 0) is 24.6 Å². The summed E-state index contributed by atoms with van der Waals surface area (Å²) in [5.41, 5.74) is 8.96. The lowest BCUT2D eigenvalue weighted by Crippen LogP contribution is -1.95. The molecular weight excluding hydrogens is 340 g/mol. The van der Waals surface area contributed by atoms with Gasteiger partial charge < -0.3 is 0 Å². The third kappa shape index (κ3) is 2.80. The van der Waals surface area contributed by atoms with Crippen LogP contribution in [0.2, 0.25) is 0 Å². The number of fused-ring (bicyclic) bond motifs is 1. The molecule has 28 heavy (non-hydrogen) atoms. The molecule has 0 bridgehead atoms. The third-order valence-electron chi connectivity index (χ3n) is 5.09. The van der Waals surface area contributed by atoms with Gasteiger partial charge in [0.05, 0.1) is 17.1 Å². The van der Waals surface area contributed by atoms with Gasteiger partial charge in [-0.25, -0.2) is 4.98 Å². The van der Waals surface area contributed by atoms with E-state index < -0.39 is 0 Å². The normalized spacial score (nSPS) is 11.0. The Labute approximate surface area is 164 Å². The summed E-state index contributed by atoms with van der Waals surface area (Å²) in [6.07, 6.45) is 0. The Morgan fingerprint density at radius 2 is 1.21 bits per heavy atom. The summed E-state index contributed by atoms with van der Waals surface area (Å²) in [6, 6.07) is 36.0.